The van der Waals surface area contributed by atoms with Crippen molar-refractivity contribution in [1.29, 1.82) is 0 Å². The lowest BCUT2D eigenvalue weighted by Crippen LogP contribution is -2.36. The van der Waals surface area contributed by atoms with Gasteiger partial charge in [0.25, 0.3) is 0 Å². The maximum absolute atomic E-state index is 5.49. The van der Waals surface area contributed by atoms with E-state index in [4.69, 9.17) is 12.2 Å². The molecule has 0 spiro atoms. The highest BCUT2D eigenvalue weighted by Gasteiger charge is 2.05. The van der Waals surface area contributed by atoms with Crippen LogP contribution in [-0.4, -0.2) is 17.1 Å². The SMILES string of the molecule is CN(Cc1ccc2ccccc2c1)C(=S)NCc1ccccc1. The van der Waals surface area contributed by atoms with Crippen LogP contribution in [0.15, 0.2) is 72.8 Å². The van der Waals surface area contributed by atoms with E-state index in [1.165, 1.54) is 21.9 Å². The third kappa shape index (κ3) is 4.08. The summed E-state index contributed by atoms with van der Waals surface area (Å²) in [7, 11) is 2.02. The van der Waals surface area contributed by atoms with Gasteiger partial charge >= 0.3 is 0 Å². The second-order valence-corrected chi connectivity index (χ2v) is 6.07. The van der Waals surface area contributed by atoms with E-state index in [1.807, 2.05) is 25.2 Å². The molecule has 0 heterocycles. The molecule has 0 aliphatic carbocycles. The van der Waals surface area contributed by atoms with Gasteiger partial charge in [-0.15, -0.1) is 0 Å². The molecule has 3 aromatic rings. The Labute approximate surface area is 142 Å². The highest BCUT2D eigenvalue weighted by atomic mass is 32.1. The Kier molecular flexibility index (Phi) is 4.89. The Hall–Kier alpha value is -2.39. The van der Waals surface area contributed by atoms with Crippen LogP contribution in [-0.2, 0) is 13.1 Å². The van der Waals surface area contributed by atoms with Crippen molar-refractivity contribution < 1.29 is 0 Å². The molecule has 0 aliphatic rings. The summed E-state index contributed by atoms with van der Waals surface area (Å²) >= 11 is 5.49. The third-order valence-corrected chi connectivity index (χ3v) is 4.32. The average molecular weight is 320 g/mol. The molecule has 3 aromatic carbocycles. The highest BCUT2D eigenvalue weighted by Crippen LogP contribution is 2.16. The van der Waals surface area contributed by atoms with E-state index in [9.17, 15) is 0 Å². The lowest BCUT2D eigenvalue weighted by molar-refractivity contribution is 0.489. The molecule has 0 fully saturated rings. The van der Waals surface area contributed by atoms with Crippen LogP contribution in [0.5, 0.6) is 0 Å². The van der Waals surface area contributed by atoms with Gasteiger partial charge in [-0.2, -0.15) is 0 Å². The van der Waals surface area contributed by atoms with Crippen molar-refractivity contribution in [3.63, 3.8) is 0 Å². The molecular formula is C20H20N2S. The van der Waals surface area contributed by atoms with Crippen molar-refractivity contribution in [3.05, 3.63) is 83.9 Å². The fraction of sp³-hybridized carbons (Fsp3) is 0.150. The molecule has 0 unspecified atom stereocenters. The molecule has 2 nitrogen and oxygen atoms in total. The summed E-state index contributed by atoms with van der Waals surface area (Å²) in [5.41, 5.74) is 2.49. The van der Waals surface area contributed by atoms with Crippen molar-refractivity contribution in [2.24, 2.45) is 0 Å². The van der Waals surface area contributed by atoms with Crippen molar-refractivity contribution in [3.8, 4) is 0 Å². The Morgan fingerprint density at radius 2 is 1.57 bits per heavy atom. The van der Waals surface area contributed by atoms with Crippen molar-refractivity contribution in [2.75, 3.05) is 7.05 Å². The number of thiocarbonyl (C=S) groups is 1. The molecule has 1 N–H and O–H groups in total. The normalized spacial score (nSPS) is 10.5. The highest BCUT2D eigenvalue weighted by molar-refractivity contribution is 7.80. The van der Waals surface area contributed by atoms with Gasteiger partial charge in [0.2, 0.25) is 0 Å². The lowest BCUT2D eigenvalue weighted by atomic mass is 10.1. The molecule has 0 saturated carbocycles. The summed E-state index contributed by atoms with van der Waals surface area (Å²) in [4.78, 5) is 2.07. The second-order valence-electron chi connectivity index (χ2n) is 5.68. The van der Waals surface area contributed by atoms with Crippen LogP contribution in [0.25, 0.3) is 10.8 Å². The molecule has 0 aliphatic heterocycles. The summed E-state index contributed by atoms with van der Waals surface area (Å²) in [6.45, 7) is 1.55. The Morgan fingerprint density at radius 1 is 0.870 bits per heavy atom. The standard InChI is InChI=1S/C20H20N2S/c1-22(20(23)21-14-16-7-3-2-4-8-16)15-17-11-12-18-9-5-6-10-19(18)13-17/h2-13H,14-15H2,1H3,(H,21,23). The van der Waals surface area contributed by atoms with Gasteiger partial charge in [0.05, 0.1) is 0 Å². The first kappa shape index (κ1) is 15.5. The minimum Gasteiger partial charge on any atom is -0.358 e. The number of nitrogens with zero attached hydrogens (tertiary/aromatic N) is 1. The Balaban J connectivity index is 1.60. The lowest BCUT2D eigenvalue weighted by Gasteiger charge is -2.21. The van der Waals surface area contributed by atoms with Crippen molar-refractivity contribution in [2.45, 2.75) is 13.1 Å². The molecular weight excluding hydrogens is 300 g/mol. The second kappa shape index (κ2) is 7.25. The van der Waals surface area contributed by atoms with Gasteiger partial charge in [-0.25, -0.2) is 0 Å². The zero-order chi connectivity index (χ0) is 16.1. The third-order valence-electron chi connectivity index (χ3n) is 3.87. The van der Waals surface area contributed by atoms with Crippen LogP contribution in [0.2, 0.25) is 0 Å². The first-order valence-electron chi connectivity index (χ1n) is 7.73. The molecule has 23 heavy (non-hydrogen) atoms. The fourth-order valence-electron chi connectivity index (χ4n) is 2.59. The Bertz CT molecular complexity index is 799. The van der Waals surface area contributed by atoms with Crippen LogP contribution in [0, 0.1) is 0 Å². The largest absolute Gasteiger partial charge is 0.358 e. The topological polar surface area (TPSA) is 15.3 Å². The van der Waals surface area contributed by atoms with Crippen molar-refractivity contribution in [1.82, 2.24) is 10.2 Å². The van der Waals surface area contributed by atoms with Gasteiger partial charge in [-0.1, -0.05) is 66.7 Å². The fourth-order valence-corrected chi connectivity index (χ4v) is 2.73. The maximum Gasteiger partial charge on any atom is 0.169 e. The maximum atomic E-state index is 5.49. The molecule has 116 valence electrons. The molecule has 0 atom stereocenters. The summed E-state index contributed by atoms with van der Waals surface area (Å²) in [6, 6.07) is 25.3. The van der Waals surface area contributed by atoms with E-state index in [0.717, 1.165) is 18.2 Å². The summed E-state index contributed by atoms with van der Waals surface area (Å²) in [5, 5.41) is 6.61. The van der Waals surface area contributed by atoms with E-state index in [1.54, 1.807) is 0 Å². The molecule has 0 amide bonds. The quantitative estimate of drug-likeness (QED) is 0.720. The average Bonchev–Trinajstić information content (AvgIpc) is 2.60. The number of fused-ring (bicyclic) bond motifs is 1. The van der Waals surface area contributed by atoms with E-state index < -0.39 is 0 Å². The molecule has 0 bridgehead atoms. The van der Waals surface area contributed by atoms with Crippen molar-refractivity contribution >= 4 is 28.1 Å². The van der Waals surface area contributed by atoms with E-state index in [-0.39, 0.29) is 0 Å². The van der Waals surface area contributed by atoms with Gasteiger partial charge in [0, 0.05) is 20.1 Å². The van der Waals surface area contributed by atoms with Crippen LogP contribution >= 0.6 is 12.2 Å². The predicted molar refractivity (Wildman–Crippen MR) is 101 cm³/mol. The molecule has 0 aromatic heterocycles. The van der Waals surface area contributed by atoms with Crippen LogP contribution in [0.1, 0.15) is 11.1 Å². The van der Waals surface area contributed by atoms with E-state index in [2.05, 4.69) is 64.8 Å². The minimum atomic E-state index is 0.752. The minimum absolute atomic E-state index is 0.752. The van der Waals surface area contributed by atoms with Gasteiger partial charge < -0.3 is 10.2 Å². The number of benzene rings is 3. The van der Waals surface area contributed by atoms with E-state index >= 15 is 0 Å². The summed E-state index contributed by atoms with van der Waals surface area (Å²) in [5.74, 6) is 0. The van der Waals surface area contributed by atoms with Gasteiger partial charge in [0.15, 0.2) is 5.11 Å². The predicted octanol–water partition coefficient (Wildman–Crippen LogP) is 4.35. The smallest absolute Gasteiger partial charge is 0.169 e. The van der Waals surface area contributed by atoms with E-state index in [0.29, 0.717) is 0 Å². The number of rotatable bonds is 4. The van der Waals surface area contributed by atoms with Gasteiger partial charge in [0.1, 0.15) is 0 Å². The first-order valence-corrected chi connectivity index (χ1v) is 8.14. The van der Waals surface area contributed by atoms with Gasteiger partial charge in [-0.3, -0.25) is 0 Å². The molecule has 3 rings (SSSR count). The van der Waals surface area contributed by atoms with Crippen LogP contribution in [0.3, 0.4) is 0 Å². The molecule has 0 saturated heterocycles. The van der Waals surface area contributed by atoms with Crippen LogP contribution < -0.4 is 5.32 Å². The monoisotopic (exact) mass is 320 g/mol. The number of hydrogen-bond donors (Lipinski definition) is 1. The first-order chi connectivity index (χ1) is 11.2. The Morgan fingerprint density at radius 3 is 2.35 bits per heavy atom. The zero-order valence-corrected chi connectivity index (χ0v) is 14.0. The summed E-state index contributed by atoms with van der Waals surface area (Å²) < 4.78 is 0. The molecule has 0 radical (unpaired) electrons. The molecule has 3 heteroatoms. The van der Waals surface area contributed by atoms with Crippen LogP contribution in [0.4, 0.5) is 0 Å². The van der Waals surface area contributed by atoms with Gasteiger partial charge in [-0.05, 0) is 40.2 Å². The number of hydrogen-bond acceptors (Lipinski definition) is 1. The zero-order valence-electron chi connectivity index (χ0n) is 13.2. The summed E-state index contributed by atoms with van der Waals surface area (Å²) in [6.07, 6.45) is 0. The number of nitrogens with one attached hydrogen (secondary N) is 1.